The van der Waals surface area contributed by atoms with Crippen LogP contribution in [0.1, 0.15) is 44.6 Å². The molecule has 2 heterocycles. The topological polar surface area (TPSA) is 25.8 Å². The Kier molecular flexibility index (Phi) is 9.12. The first-order valence-electron chi connectivity index (χ1n) is 7.50. The summed E-state index contributed by atoms with van der Waals surface area (Å²) in [4.78, 5) is 7.63. The van der Waals surface area contributed by atoms with Gasteiger partial charge in [-0.15, -0.1) is 0 Å². The van der Waals surface area contributed by atoms with E-state index in [1.165, 1.54) is 37.7 Å². The van der Waals surface area contributed by atoms with E-state index < -0.39 is 0 Å². The molecule has 1 aliphatic carbocycles. The zero-order valence-corrected chi connectivity index (χ0v) is 12.7. The van der Waals surface area contributed by atoms with Gasteiger partial charge < -0.3 is 0 Å². The molecule has 3 rings (SSSR count). The maximum absolute atomic E-state index is 3.85. The van der Waals surface area contributed by atoms with Crippen molar-refractivity contribution < 1.29 is 0 Å². The minimum atomic E-state index is 1.04. The van der Waals surface area contributed by atoms with Crippen LogP contribution < -0.4 is 0 Å². The summed E-state index contributed by atoms with van der Waals surface area (Å²) in [5, 5.41) is 0. The minimum Gasteiger partial charge on any atom is -0.265 e. The Morgan fingerprint density at radius 2 is 1.35 bits per heavy atom. The number of aryl methyl sites for hydroxylation is 1. The summed E-state index contributed by atoms with van der Waals surface area (Å²) < 4.78 is 0. The van der Waals surface area contributed by atoms with E-state index >= 15 is 0 Å². The molecule has 2 heteroatoms. The van der Waals surface area contributed by atoms with Gasteiger partial charge in [0.25, 0.3) is 0 Å². The molecule has 108 valence electrons. The first-order chi connectivity index (χ1) is 9.79. The molecule has 1 saturated carbocycles. The zero-order valence-electron chi connectivity index (χ0n) is 12.7. The average Bonchev–Trinajstić information content (AvgIpc) is 2.52. The predicted molar refractivity (Wildman–Crippen MR) is 85.5 cm³/mol. The summed E-state index contributed by atoms with van der Waals surface area (Å²) >= 11 is 0. The van der Waals surface area contributed by atoms with Gasteiger partial charge in [0, 0.05) is 24.8 Å². The Labute approximate surface area is 123 Å². The number of rotatable bonds is 0. The molecule has 0 aromatic carbocycles. The highest BCUT2D eigenvalue weighted by Gasteiger charge is 2.05. The standard InChI is InChI=1S/C7H14.C6H7N.C5H5N/c1-7-5-3-2-4-6-7;1-6-2-4-7-5-3-6;1-2-4-6-5-3-1/h7H,2-6H2,1H3;2-5H,1H3;1-5H. The van der Waals surface area contributed by atoms with Gasteiger partial charge in [0.2, 0.25) is 0 Å². The molecule has 2 nitrogen and oxygen atoms in total. The summed E-state index contributed by atoms with van der Waals surface area (Å²) in [5.41, 5.74) is 1.26. The predicted octanol–water partition coefficient (Wildman–Crippen LogP) is 5.06. The highest BCUT2D eigenvalue weighted by Crippen LogP contribution is 2.22. The van der Waals surface area contributed by atoms with Crippen molar-refractivity contribution in [1.29, 1.82) is 0 Å². The maximum Gasteiger partial charge on any atom is 0.0270 e. The Balaban J connectivity index is 0.000000151. The van der Waals surface area contributed by atoms with E-state index in [4.69, 9.17) is 0 Å². The van der Waals surface area contributed by atoms with Crippen LogP contribution >= 0.6 is 0 Å². The summed E-state index contributed by atoms with van der Waals surface area (Å²) in [6, 6.07) is 9.66. The molecule has 0 radical (unpaired) electrons. The molecular weight excluding hydrogens is 244 g/mol. The normalized spacial score (nSPS) is 14.3. The van der Waals surface area contributed by atoms with E-state index in [9.17, 15) is 0 Å². The molecule has 0 bridgehead atoms. The average molecular weight is 270 g/mol. The van der Waals surface area contributed by atoms with Crippen LogP contribution in [0.3, 0.4) is 0 Å². The first-order valence-corrected chi connectivity index (χ1v) is 7.50. The third kappa shape index (κ3) is 9.26. The maximum atomic E-state index is 3.85. The molecule has 2 aromatic rings. The van der Waals surface area contributed by atoms with Crippen LogP contribution in [0.5, 0.6) is 0 Å². The highest BCUT2D eigenvalue weighted by molar-refractivity contribution is 5.05. The van der Waals surface area contributed by atoms with Crippen LogP contribution in [0, 0.1) is 12.8 Å². The van der Waals surface area contributed by atoms with E-state index in [-0.39, 0.29) is 0 Å². The monoisotopic (exact) mass is 270 g/mol. The molecule has 0 spiro atoms. The van der Waals surface area contributed by atoms with Crippen molar-refractivity contribution in [2.75, 3.05) is 0 Å². The van der Waals surface area contributed by atoms with Gasteiger partial charge in [0.15, 0.2) is 0 Å². The number of pyridine rings is 2. The Bertz CT molecular complexity index is 381. The molecule has 1 aliphatic rings. The van der Waals surface area contributed by atoms with Gasteiger partial charge in [-0.2, -0.15) is 0 Å². The lowest BCUT2D eigenvalue weighted by atomic mass is 9.91. The van der Waals surface area contributed by atoms with Crippen LogP contribution in [0.25, 0.3) is 0 Å². The molecule has 0 atom stereocenters. The van der Waals surface area contributed by atoms with Gasteiger partial charge in [-0.1, -0.05) is 45.1 Å². The van der Waals surface area contributed by atoms with Gasteiger partial charge in [-0.3, -0.25) is 9.97 Å². The van der Waals surface area contributed by atoms with Crippen LogP contribution in [0.2, 0.25) is 0 Å². The fourth-order valence-electron chi connectivity index (χ4n) is 2.05. The molecular formula is C18H26N2. The zero-order chi connectivity index (χ0) is 14.5. The van der Waals surface area contributed by atoms with Crippen molar-refractivity contribution in [3.8, 4) is 0 Å². The SMILES string of the molecule is CC1CCCCC1.Cc1ccncc1.c1ccncc1. The molecule has 0 unspecified atom stereocenters. The quantitative estimate of drug-likeness (QED) is 0.669. The van der Waals surface area contributed by atoms with Gasteiger partial charge >= 0.3 is 0 Å². The summed E-state index contributed by atoms with van der Waals surface area (Å²) in [6.07, 6.45) is 14.5. The Morgan fingerprint density at radius 3 is 1.60 bits per heavy atom. The van der Waals surface area contributed by atoms with Crippen LogP contribution in [0.15, 0.2) is 55.1 Å². The van der Waals surface area contributed by atoms with E-state index in [2.05, 4.69) is 16.9 Å². The van der Waals surface area contributed by atoms with Crippen molar-refractivity contribution in [2.24, 2.45) is 5.92 Å². The first kappa shape index (κ1) is 16.4. The third-order valence-electron chi connectivity index (χ3n) is 3.31. The van der Waals surface area contributed by atoms with Gasteiger partial charge in [-0.25, -0.2) is 0 Å². The lowest BCUT2D eigenvalue weighted by Crippen LogP contribution is -1.99. The molecule has 20 heavy (non-hydrogen) atoms. The van der Waals surface area contributed by atoms with Crippen LogP contribution in [-0.2, 0) is 0 Å². The van der Waals surface area contributed by atoms with Crippen molar-refractivity contribution in [3.05, 3.63) is 60.7 Å². The van der Waals surface area contributed by atoms with E-state index in [0.717, 1.165) is 5.92 Å². The Hall–Kier alpha value is -1.70. The summed E-state index contributed by atoms with van der Waals surface area (Å²) in [7, 11) is 0. The number of nitrogens with zero attached hydrogens (tertiary/aromatic N) is 2. The number of aromatic nitrogens is 2. The lowest BCUT2D eigenvalue weighted by Gasteiger charge is -2.15. The second kappa shape index (κ2) is 11.2. The third-order valence-corrected chi connectivity index (χ3v) is 3.31. The summed E-state index contributed by atoms with van der Waals surface area (Å²) in [6.45, 7) is 4.40. The van der Waals surface area contributed by atoms with E-state index in [1.54, 1.807) is 24.8 Å². The number of hydrogen-bond donors (Lipinski definition) is 0. The summed E-state index contributed by atoms with van der Waals surface area (Å²) in [5.74, 6) is 1.04. The van der Waals surface area contributed by atoms with Gasteiger partial charge in [0.1, 0.15) is 0 Å². The van der Waals surface area contributed by atoms with Gasteiger partial charge in [0.05, 0.1) is 0 Å². The largest absolute Gasteiger partial charge is 0.265 e. The second-order valence-electron chi connectivity index (χ2n) is 5.29. The van der Waals surface area contributed by atoms with Crippen molar-refractivity contribution in [3.63, 3.8) is 0 Å². The molecule has 1 fully saturated rings. The fourth-order valence-corrected chi connectivity index (χ4v) is 2.05. The van der Waals surface area contributed by atoms with Crippen LogP contribution in [0.4, 0.5) is 0 Å². The van der Waals surface area contributed by atoms with Crippen molar-refractivity contribution >= 4 is 0 Å². The van der Waals surface area contributed by atoms with Crippen molar-refractivity contribution in [1.82, 2.24) is 9.97 Å². The minimum absolute atomic E-state index is 1.04. The van der Waals surface area contributed by atoms with Crippen LogP contribution in [-0.4, -0.2) is 9.97 Å². The smallest absolute Gasteiger partial charge is 0.0270 e. The fraction of sp³-hybridized carbons (Fsp3) is 0.444. The molecule has 0 amide bonds. The van der Waals surface area contributed by atoms with E-state index in [1.807, 2.05) is 37.3 Å². The second-order valence-corrected chi connectivity index (χ2v) is 5.29. The molecule has 0 aliphatic heterocycles. The van der Waals surface area contributed by atoms with Crippen molar-refractivity contribution in [2.45, 2.75) is 46.0 Å². The molecule has 0 N–H and O–H groups in total. The molecule has 2 aromatic heterocycles. The van der Waals surface area contributed by atoms with Gasteiger partial charge in [-0.05, 0) is 42.7 Å². The highest BCUT2D eigenvalue weighted by atomic mass is 14.6. The molecule has 0 saturated heterocycles. The van der Waals surface area contributed by atoms with E-state index in [0.29, 0.717) is 0 Å². The lowest BCUT2D eigenvalue weighted by molar-refractivity contribution is 0.385. The Morgan fingerprint density at radius 1 is 0.800 bits per heavy atom. The number of hydrogen-bond acceptors (Lipinski definition) is 2.